The first kappa shape index (κ1) is 13.2. The van der Waals surface area contributed by atoms with E-state index in [1.54, 1.807) is 0 Å². The van der Waals surface area contributed by atoms with E-state index < -0.39 is 0 Å². The van der Waals surface area contributed by atoms with E-state index in [9.17, 15) is 0 Å². The Bertz CT molecular complexity index is 525. The molecule has 2 rings (SSSR count). The molecular weight excluding hydrogens is 234 g/mol. The third-order valence-electron chi connectivity index (χ3n) is 2.91. The molecule has 0 spiro atoms. The Balaban J connectivity index is 1.87. The smallest absolute Gasteiger partial charge is 0.119 e. The second-order valence-corrected chi connectivity index (χ2v) is 4.35. The average Bonchev–Trinajstić information content (AvgIpc) is 2.49. The predicted octanol–water partition coefficient (Wildman–Crippen LogP) is 4.43. The first-order chi connectivity index (χ1) is 9.40. The highest BCUT2D eigenvalue weighted by Crippen LogP contribution is 2.22. The van der Waals surface area contributed by atoms with Crippen molar-refractivity contribution in [2.24, 2.45) is 0 Å². The standard InChI is InChI=1S/C17H17NO/c18-13-5-2-6-14-19-17-11-9-16(10-12-17)15-7-3-1-4-8-15/h1,3-4,7-12H,2,5-6,14H2. The fourth-order valence-corrected chi connectivity index (χ4v) is 1.87. The van der Waals surface area contributed by atoms with Gasteiger partial charge in [-0.15, -0.1) is 0 Å². The molecule has 0 saturated carbocycles. The van der Waals surface area contributed by atoms with E-state index >= 15 is 0 Å². The van der Waals surface area contributed by atoms with Crippen LogP contribution in [0.25, 0.3) is 11.1 Å². The van der Waals surface area contributed by atoms with Gasteiger partial charge in [0.05, 0.1) is 12.7 Å². The lowest BCUT2D eigenvalue weighted by Gasteiger charge is -2.07. The van der Waals surface area contributed by atoms with Crippen molar-refractivity contribution in [1.29, 1.82) is 5.26 Å². The molecule has 0 amide bonds. The van der Waals surface area contributed by atoms with E-state index in [1.807, 2.05) is 30.3 Å². The van der Waals surface area contributed by atoms with Crippen LogP contribution in [0.15, 0.2) is 54.6 Å². The van der Waals surface area contributed by atoms with Crippen molar-refractivity contribution in [3.05, 3.63) is 54.6 Å². The minimum absolute atomic E-state index is 0.607. The van der Waals surface area contributed by atoms with E-state index in [0.717, 1.165) is 18.6 Å². The van der Waals surface area contributed by atoms with Crippen LogP contribution in [0.3, 0.4) is 0 Å². The van der Waals surface area contributed by atoms with Crippen LogP contribution >= 0.6 is 0 Å². The SMILES string of the molecule is N#CCCCCOc1ccc(-c2ccccc2)cc1. The van der Waals surface area contributed by atoms with E-state index in [4.69, 9.17) is 10.00 Å². The Morgan fingerprint density at radius 3 is 2.21 bits per heavy atom. The summed E-state index contributed by atoms with van der Waals surface area (Å²) < 4.78 is 5.63. The Labute approximate surface area is 114 Å². The number of ether oxygens (including phenoxy) is 1. The Morgan fingerprint density at radius 1 is 0.842 bits per heavy atom. The maximum absolute atomic E-state index is 8.43. The lowest BCUT2D eigenvalue weighted by molar-refractivity contribution is 0.307. The van der Waals surface area contributed by atoms with Crippen molar-refractivity contribution >= 4 is 0 Å². The molecule has 0 aliphatic rings. The summed E-state index contributed by atoms with van der Waals surface area (Å²) in [5.41, 5.74) is 2.40. The highest BCUT2D eigenvalue weighted by Gasteiger charge is 1.98. The molecule has 2 aromatic carbocycles. The number of nitrogens with zero attached hydrogens (tertiary/aromatic N) is 1. The molecule has 0 fully saturated rings. The zero-order chi connectivity index (χ0) is 13.3. The molecule has 0 atom stereocenters. The Kier molecular flexibility index (Phi) is 5.01. The summed E-state index contributed by atoms with van der Waals surface area (Å²) in [5.74, 6) is 0.886. The van der Waals surface area contributed by atoms with Crippen LogP contribution in [0.2, 0.25) is 0 Å². The zero-order valence-corrected chi connectivity index (χ0v) is 10.9. The largest absolute Gasteiger partial charge is 0.494 e. The topological polar surface area (TPSA) is 33.0 Å². The van der Waals surface area contributed by atoms with Gasteiger partial charge in [-0.05, 0) is 36.1 Å². The maximum atomic E-state index is 8.43. The quantitative estimate of drug-likeness (QED) is 0.712. The molecule has 0 saturated heterocycles. The van der Waals surface area contributed by atoms with Crippen LogP contribution in [0.4, 0.5) is 0 Å². The fourth-order valence-electron chi connectivity index (χ4n) is 1.87. The number of benzene rings is 2. The van der Waals surface area contributed by atoms with Gasteiger partial charge in [0.1, 0.15) is 5.75 Å². The zero-order valence-electron chi connectivity index (χ0n) is 10.9. The first-order valence-corrected chi connectivity index (χ1v) is 6.55. The van der Waals surface area contributed by atoms with Crippen molar-refractivity contribution in [1.82, 2.24) is 0 Å². The highest BCUT2D eigenvalue weighted by molar-refractivity contribution is 5.63. The summed E-state index contributed by atoms with van der Waals surface area (Å²) in [4.78, 5) is 0. The number of unbranched alkanes of at least 4 members (excludes halogenated alkanes) is 2. The van der Waals surface area contributed by atoms with Gasteiger partial charge in [0, 0.05) is 6.42 Å². The molecule has 0 aliphatic heterocycles. The molecule has 2 aromatic rings. The maximum Gasteiger partial charge on any atom is 0.119 e. The van der Waals surface area contributed by atoms with Crippen molar-refractivity contribution in [2.75, 3.05) is 6.61 Å². The van der Waals surface area contributed by atoms with E-state index in [1.165, 1.54) is 11.1 Å². The van der Waals surface area contributed by atoms with Crippen LogP contribution in [0.5, 0.6) is 5.75 Å². The van der Waals surface area contributed by atoms with E-state index in [-0.39, 0.29) is 0 Å². The molecule has 19 heavy (non-hydrogen) atoms. The third-order valence-corrected chi connectivity index (χ3v) is 2.91. The van der Waals surface area contributed by atoms with Gasteiger partial charge in [0.15, 0.2) is 0 Å². The summed E-state index contributed by atoms with van der Waals surface area (Å²) >= 11 is 0. The summed E-state index contributed by atoms with van der Waals surface area (Å²) in [6.07, 6.45) is 2.43. The Morgan fingerprint density at radius 2 is 1.53 bits per heavy atom. The minimum Gasteiger partial charge on any atom is -0.494 e. The van der Waals surface area contributed by atoms with Gasteiger partial charge in [-0.1, -0.05) is 42.5 Å². The van der Waals surface area contributed by atoms with Gasteiger partial charge < -0.3 is 4.74 Å². The van der Waals surface area contributed by atoms with Crippen molar-refractivity contribution in [3.63, 3.8) is 0 Å². The molecular formula is C17H17NO. The number of hydrogen-bond donors (Lipinski definition) is 0. The number of hydrogen-bond acceptors (Lipinski definition) is 2. The van der Waals surface area contributed by atoms with Crippen LogP contribution in [0.1, 0.15) is 19.3 Å². The van der Waals surface area contributed by atoms with Gasteiger partial charge in [-0.25, -0.2) is 0 Å². The molecule has 2 heteroatoms. The van der Waals surface area contributed by atoms with E-state index in [2.05, 4.69) is 30.3 Å². The summed E-state index contributed by atoms with van der Waals surface area (Å²) in [7, 11) is 0. The van der Waals surface area contributed by atoms with Gasteiger partial charge >= 0.3 is 0 Å². The van der Waals surface area contributed by atoms with Crippen LogP contribution < -0.4 is 4.74 Å². The molecule has 96 valence electrons. The number of nitriles is 1. The molecule has 0 unspecified atom stereocenters. The molecule has 0 N–H and O–H groups in total. The second-order valence-electron chi connectivity index (χ2n) is 4.35. The lowest BCUT2D eigenvalue weighted by Crippen LogP contribution is -1.96. The van der Waals surface area contributed by atoms with Crippen molar-refractivity contribution in [2.45, 2.75) is 19.3 Å². The van der Waals surface area contributed by atoms with Crippen LogP contribution in [-0.2, 0) is 0 Å². The lowest BCUT2D eigenvalue weighted by atomic mass is 10.1. The van der Waals surface area contributed by atoms with Crippen molar-refractivity contribution < 1.29 is 4.74 Å². The summed E-state index contributed by atoms with van der Waals surface area (Å²) in [6.45, 7) is 0.673. The third kappa shape index (κ3) is 4.15. The molecule has 0 aromatic heterocycles. The van der Waals surface area contributed by atoms with Gasteiger partial charge in [0.2, 0.25) is 0 Å². The summed E-state index contributed by atoms with van der Waals surface area (Å²) in [6, 6.07) is 20.5. The predicted molar refractivity (Wildman–Crippen MR) is 76.8 cm³/mol. The normalized spacial score (nSPS) is 9.84. The van der Waals surface area contributed by atoms with Crippen LogP contribution in [0, 0.1) is 11.3 Å². The molecule has 0 aliphatic carbocycles. The molecule has 0 heterocycles. The van der Waals surface area contributed by atoms with Crippen molar-refractivity contribution in [3.8, 4) is 22.9 Å². The Hall–Kier alpha value is -2.27. The van der Waals surface area contributed by atoms with Gasteiger partial charge in [-0.3, -0.25) is 0 Å². The molecule has 0 radical (unpaired) electrons. The van der Waals surface area contributed by atoms with Gasteiger partial charge in [-0.2, -0.15) is 5.26 Å². The highest BCUT2D eigenvalue weighted by atomic mass is 16.5. The van der Waals surface area contributed by atoms with Crippen LogP contribution in [-0.4, -0.2) is 6.61 Å². The minimum atomic E-state index is 0.607. The second kappa shape index (κ2) is 7.23. The van der Waals surface area contributed by atoms with Gasteiger partial charge in [0.25, 0.3) is 0 Å². The number of rotatable bonds is 6. The fraction of sp³-hybridized carbons (Fsp3) is 0.235. The summed E-state index contributed by atoms with van der Waals surface area (Å²) in [5, 5.41) is 8.43. The van der Waals surface area contributed by atoms with E-state index in [0.29, 0.717) is 13.0 Å². The average molecular weight is 251 g/mol. The molecule has 2 nitrogen and oxygen atoms in total. The monoisotopic (exact) mass is 251 g/mol. The first-order valence-electron chi connectivity index (χ1n) is 6.55. The molecule has 0 bridgehead atoms.